The molecule has 0 radical (unpaired) electrons. The molecule has 2 aromatic rings. The molecule has 0 fully saturated rings. The predicted molar refractivity (Wildman–Crippen MR) is 95.0 cm³/mol. The monoisotopic (exact) mass is 345 g/mol. The lowest BCUT2D eigenvalue weighted by Crippen LogP contribution is -2.18. The molecule has 0 heterocycles. The lowest BCUT2D eigenvalue weighted by Gasteiger charge is -2.20. The molecule has 0 spiro atoms. The Labute approximate surface area is 136 Å². The SMILES string of the molecule is CNC(c1ccc(C(C)C)cc1)c1cc(C)c(Br)c(C)c1. The van der Waals surface area contributed by atoms with Gasteiger partial charge in [-0.2, -0.15) is 0 Å². The van der Waals surface area contributed by atoms with E-state index in [1.807, 2.05) is 7.05 Å². The van der Waals surface area contributed by atoms with Crippen molar-refractivity contribution in [3.8, 4) is 0 Å². The van der Waals surface area contributed by atoms with Gasteiger partial charge in [-0.25, -0.2) is 0 Å². The Hall–Kier alpha value is -1.12. The van der Waals surface area contributed by atoms with Crippen LogP contribution >= 0.6 is 15.9 Å². The molecule has 0 aromatic heterocycles. The van der Waals surface area contributed by atoms with Crippen LogP contribution < -0.4 is 5.32 Å². The normalized spacial score (nSPS) is 12.7. The number of benzene rings is 2. The maximum absolute atomic E-state index is 3.65. The Bertz CT molecular complexity index is 591. The van der Waals surface area contributed by atoms with E-state index in [2.05, 4.69) is 85.3 Å². The minimum atomic E-state index is 0.233. The van der Waals surface area contributed by atoms with E-state index >= 15 is 0 Å². The maximum atomic E-state index is 3.65. The number of hydrogen-bond donors (Lipinski definition) is 1. The van der Waals surface area contributed by atoms with Crippen molar-refractivity contribution >= 4 is 15.9 Å². The third kappa shape index (κ3) is 3.56. The van der Waals surface area contributed by atoms with E-state index in [9.17, 15) is 0 Å². The van der Waals surface area contributed by atoms with Crippen molar-refractivity contribution in [2.75, 3.05) is 7.05 Å². The number of aryl methyl sites for hydroxylation is 2. The molecule has 1 nitrogen and oxygen atoms in total. The van der Waals surface area contributed by atoms with Gasteiger partial charge in [0, 0.05) is 4.47 Å². The molecule has 0 aliphatic rings. The molecule has 2 heteroatoms. The van der Waals surface area contributed by atoms with E-state index in [0.717, 1.165) is 0 Å². The van der Waals surface area contributed by atoms with Gasteiger partial charge in [-0.1, -0.05) is 66.2 Å². The van der Waals surface area contributed by atoms with Crippen molar-refractivity contribution in [3.05, 3.63) is 68.7 Å². The number of rotatable bonds is 4. The van der Waals surface area contributed by atoms with Crippen molar-refractivity contribution < 1.29 is 0 Å². The van der Waals surface area contributed by atoms with Crippen molar-refractivity contribution in [1.82, 2.24) is 5.32 Å². The third-order valence-electron chi connectivity index (χ3n) is 4.02. The lowest BCUT2D eigenvalue weighted by molar-refractivity contribution is 0.689. The van der Waals surface area contributed by atoms with E-state index in [0.29, 0.717) is 5.92 Å². The summed E-state index contributed by atoms with van der Waals surface area (Å²) in [5.74, 6) is 0.573. The zero-order valence-corrected chi connectivity index (χ0v) is 15.1. The topological polar surface area (TPSA) is 12.0 Å². The summed E-state index contributed by atoms with van der Waals surface area (Å²) < 4.78 is 1.20. The number of hydrogen-bond acceptors (Lipinski definition) is 1. The molecule has 0 bridgehead atoms. The average molecular weight is 346 g/mol. The first-order valence-electron chi connectivity index (χ1n) is 7.47. The van der Waals surface area contributed by atoms with Gasteiger partial charge in [0.25, 0.3) is 0 Å². The fourth-order valence-corrected chi connectivity index (χ4v) is 2.97. The molecule has 1 N–H and O–H groups in total. The van der Waals surface area contributed by atoms with Crippen LogP contribution in [0, 0.1) is 13.8 Å². The van der Waals surface area contributed by atoms with Gasteiger partial charge in [0.1, 0.15) is 0 Å². The van der Waals surface area contributed by atoms with Gasteiger partial charge in [-0.15, -0.1) is 0 Å². The lowest BCUT2D eigenvalue weighted by atomic mass is 9.93. The summed E-state index contributed by atoms with van der Waals surface area (Å²) in [5.41, 5.74) is 6.57. The van der Waals surface area contributed by atoms with E-state index in [4.69, 9.17) is 0 Å². The number of nitrogens with one attached hydrogen (secondary N) is 1. The summed E-state index contributed by atoms with van der Waals surface area (Å²) in [6.45, 7) is 8.75. The molecule has 0 saturated heterocycles. The van der Waals surface area contributed by atoms with Crippen LogP contribution in [0.3, 0.4) is 0 Å². The molecule has 112 valence electrons. The van der Waals surface area contributed by atoms with E-state index in [1.54, 1.807) is 0 Å². The molecular weight excluding hydrogens is 322 g/mol. The molecule has 0 aliphatic heterocycles. The van der Waals surface area contributed by atoms with Gasteiger partial charge >= 0.3 is 0 Å². The Kier molecular flexibility index (Phi) is 5.23. The van der Waals surface area contributed by atoms with Crippen LogP contribution in [0.25, 0.3) is 0 Å². The smallest absolute Gasteiger partial charge is 0.0574 e. The Balaban J connectivity index is 2.39. The van der Waals surface area contributed by atoms with Crippen LogP contribution in [0.1, 0.15) is 53.6 Å². The second-order valence-electron chi connectivity index (χ2n) is 6.01. The van der Waals surface area contributed by atoms with E-state index in [1.165, 1.54) is 32.3 Å². The fourth-order valence-electron chi connectivity index (χ4n) is 2.75. The van der Waals surface area contributed by atoms with E-state index in [-0.39, 0.29) is 6.04 Å². The zero-order chi connectivity index (χ0) is 15.6. The first-order valence-corrected chi connectivity index (χ1v) is 8.27. The van der Waals surface area contributed by atoms with Crippen LogP contribution in [0.4, 0.5) is 0 Å². The summed E-state index contributed by atoms with van der Waals surface area (Å²) in [5, 5.41) is 3.44. The van der Waals surface area contributed by atoms with Gasteiger partial charge in [0.2, 0.25) is 0 Å². The predicted octanol–water partition coefficient (Wildman–Crippen LogP) is 5.50. The summed E-state index contributed by atoms with van der Waals surface area (Å²) >= 11 is 3.65. The molecular formula is C19H24BrN. The highest BCUT2D eigenvalue weighted by Gasteiger charge is 2.14. The first-order chi connectivity index (χ1) is 9.93. The quantitative estimate of drug-likeness (QED) is 0.771. The Morgan fingerprint density at radius 2 is 1.33 bits per heavy atom. The van der Waals surface area contributed by atoms with Gasteiger partial charge in [-0.05, 0) is 54.6 Å². The van der Waals surface area contributed by atoms with Crippen molar-refractivity contribution in [2.24, 2.45) is 0 Å². The maximum Gasteiger partial charge on any atom is 0.0574 e. The minimum absolute atomic E-state index is 0.233. The largest absolute Gasteiger partial charge is 0.309 e. The van der Waals surface area contributed by atoms with Gasteiger partial charge < -0.3 is 5.32 Å². The highest BCUT2D eigenvalue weighted by molar-refractivity contribution is 9.10. The molecule has 1 unspecified atom stereocenters. The zero-order valence-electron chi connectivity index (χ0n) is 13.5. The van der Waals surface area contributed by atoms with E-state index < -0.39 is 0 Å². The summed E-state index contributed by atoms with van der Waals surface area (Å²) in [4.78, 5) is 0. The molecule has 21 heavy (non-hydrogen) atoms. The Morgan fingerprint density at radius 3 is 1.76 bits per heavy atom. The van der Waals surface area contributed by atoms with Crippen LogP contribution in [0.5, 0.6) is 0 Å². The summed E-state index contributed by atoms with van der Waals surface area (Å²) in [6, 6.07) is 13.7. The van der Waals surface area contributed by atoms with Crippen LogP contribution in [0.15, 0.2) is 40.9 Å². The molecule has 0 amide bonds. The second kappa shape index (κ2) is 6.76. The van der Waals surface area contributed by atoms with Gasteiger partial charge in [0.05, 0.1) is 6.04 Å². The molecule has 1 atom stereocenters. The van der Waals surface area contributed by atoms with Gasteiger partial charge in [-0.3, -0.25) is 0 Å². The number of halogens is 1. The second-order valence-corrected chi connectivity index (χ2v) is 6.80. The van der Waals surface area contributed by atoms with Crippen LogP contribution in [-0.4, -0.2) is 7.05 Å². The van der Waals surface area contributed by atoms with Crippen molar-refractivity contribution in [1.29, 1.82) is 0 Å². The molecule has 0 aliphatic carbocycles. The standard InChI is InChI=1S/C19H24BrN/c1-12(2)15-6-8-16(9-7-15)19(21-5)17-10-13(3)18(20)14(4)11-17/h6-12,19,21H,1-5H3. The molecule has 0 saturated carbocycles. The highest BCUT2D eigenvalue weighted by atomic mass is 79.9. The van der Waals surface area contributed by atoms with Crippen LogP contribution in [0.2, 0.25) is 0 Å². The highest BCUT2D eigenvalue weighted by Crippen LogP contribution is 2.29. The fraction of sp³-hybridized carbons (Fsp3) is 0.368. The average Bonchev–Trinajstić information content (AvgIpc) is 2.46. The molecule has 2 rings (SSSR count). The minimum Gasteiger partial charge on any atom is -0.309 e. The van der Waals surface area contributed by atoms with Crippen molar-refractivity contribution in [3.63, 3.8) is 0 Å². The molecule has 2 aromatic carbocycles. The van der Waals surface area contributed by atoms with Gasteiger partial charge in [0.15, 0.2) is 0 Å². The van der Waals surface area contributed by atoms with Crippen molar-refractivity contribution in [2.45, 2.75) is 39.7 Å². The summed E-state index contributed by atoms with van der Waals surface area (Å²) in [6.07, 6.45) is 0. The van der Waals surface area contributed by atoms with Crippen LogP contribution in [-0.2, 0) is 0 Å². The first kappa shape index (κ1) is 16.3. The Morgan fingerprint density at radius 1 is 0.857 bits per heavy atom. The summed E-state index contributed by atoms with van der Waals surface area (Å²) in [7, 11) is 2.02. The third-order valence-corrected chi connectivity index (χ3v) is 5.27.